The summed E-state index contributed by atoms with van der Waals surface area (Å²) in [6, 6.07) is 9.23. The van der Waals surface area contributed by atoms with Crippen molar-refractivity contribution in [2.45, 2.75) is 13.8 Å². The van der Waals surface area contributed by atoms with E-state index in [2.05, 4.69) is 38.1 Å². The van der Waals surface area contributed by atoms with Crippen molar-refractivity contribution in [1.82, 2.24) is 15.5 Å². The molecule has 1 aromatic carbocycles. The minimum Gasteiger partial charge on any atom is -0.411 e. The van der Waals surface area contributed by atoms with Gasteiger partial charge < -0.3 is 10.2 Å². The predicted molar refractivity (Wildman–Crippen MR) is 97.7 cm³/mol. The van der Waals surface area contributed by atoms with Crippen molar-refractivity contribution in [3.8, 4) is 17.0 Å². The second kappa shape index (κ2) is 8.02. The maximum absolute atomic E-state index is 11.6. The smallest absolute Gasteiger partial charge is 0.245 e. The molecule has 0 bridgehead atoms. The van der Waals surface area contributed by atoms with Crippen molar-refractivity contribution >= 4 is 32.1 Å². The maximum atomic E-state index is 11.6. The number of amides is 1. The third-order valence-electron chi connectivity index (χ3n) is 3.07. The molecule has 0 radical (unpaired) electrons. The number of rotatable bonds is 5. The highest BCUT2D eigenvalue weighted by Gasteiger charge is 2.11. The zero-order chi connectivity index (χ0) is 16.8. The van der Waals surface area contributed by atoms with Crippen LogP contribution in [0.5, 0.6) is 5.75 Å². The fourth-order valence-corrected chi connectivity index (χ4v) is 2.56. The average Bonchev–Trinajstić information content (AvgIpc) is 2.55. The van der Waals surface area contributed by atoms with Crippen LogP contribution in [0.2, 0.25) is 0 Å². The lowest BCUT2D eigenvalue weighted by Crippen LogP contribution is -2.20. The molecule has 0 unspecified atom stereocenters. The number of nitrogens with one attached hydrogen (secondary N) is 1. The van der Waals surface area contributed by atoms with Gasteiger partial charge in [-0.1, -0.05) is 6.07 Å². The van der Waals surface area contributed by atoms with Crippen molar-refractivity contribution in [2.75, 3.05) is 6.54 Å². The Hall–Kier alpha value is -2.00. The van der Waals surface area contributed by atoms with Crippen LogP contribution < -0.4 is 16.1 Å². The van der Waals surface area contributed by atoms with E-state index in [9.17, 15) is 4.79 Å². The van der Waals surface area contributed by atoms with Crippen LogP contribution in [-0.4, -0.2) is 22.6 Å². The number of nitrogens with two attached hydrogens (primary N) is 1. The molecule has 6 nitrogen and oxygen atoms in total. The van der Waals surface area contributed by atoms with Gasteiger partial charge in [-0.25, -0.2) is 0 Å². The van der Waals surface area contributed by atoms with Crippen LogP contribution >= 0.6 is 22.6 Å². The predicted octanol–water partition coefficient (Wildman–Crippen LogP) is 2.62. The zero-order valence-electron chi connectivity index (χ0n) is 12.8. The molecule has 7 heteroatoms. The number of carbonyl (C=O) groups is 1. The molecule has 0 aliphatic heterocycles. The largest absolute Gasteiger partial charge is 0.411 e. The molecule has 120 valence electrons. The summed E-state index contributed by atoms with van der Waals surface area (Å²) in [5.41, 5.74) is 3.08. The number of carbonyl (C=O) groups excluding carboxylic acids is 1. The van der Waals surface area contributed by atoms with Gasteiger partial charge in [0.05, 0.1) is 11.4 Å². The Morgan fingerprint density at radius 2 is 2.13 bits per heavy atom. The third kappa shape index (κ3) is 4.49. The van der Waals surface area contributed by atoms with E-state index in [1.807, 2.05) is 38.1 Å². The first-order valence-corrected chi connectivity index (χ1v) is 8.10. The van der Waals surface area contributed by atoms with Gasteiger partial charge in [0.2, 0.25) is 5.91 Å². The van der Waals surface area contributed by atoms with Crippen molar-refractivity contribution in [1.29, 1.82) is 0 Å². The maximum Gasteiger partial charge on any atom is 0.245 e. The third-order valence-corrected chi connectivity index (χ3v) is 4.00. The summed E-state index contributed by atoms with van der Waals surface area (Å²) in [5, 5.41) is 10.9. The zero-order valence-corrected chi connectivity index (χ0v) is 15.0. The summed E-state index contributed by atoms with van der Waals surface area (Å²) in [6.45, 7) is 4.33. The Labute approximate surface area is 148 Å². The van der Waals surface area contributed by atoms with Crippen molar-refractivity contribution in [2.24, 2.45) is 5.90 Å². The van der Waals surface area contributed by atoms with E-state index in [1.165, 1.54) is 6.08 Å². The molecule has 2 rings (SSSR count). The van der Waals surface area contributed by atoms with E-state index in [0.717, 1.165) is 20.4 Å². The van der Waals surface area contributed by atoms with Crippen LogP contribution in [0.3, 0.4) is 0 Å². The highest BCUT2D eigenvalue weighted by molar-refractivity contribution is 14.1. The number of likely N-dealkylation sites (N-methyl/N-ethyl adjacent to an activating group) is 1. The van der Waals surface area contributed by atoms with Gasteiger partial charge in [-0.2, -0.15) is 16.1 Å². The molecular formula is C16H17IN4O2. The first-order valence-electron chi connectivity index (χ1n) is 7.02. The van der Waals surface area contributed by atoms with Crippen LogP contribution in [0.1, 0.15) is 18.2 Å². The van der Waals surface area contributed by atoms with Gasteiger partial charge in [0.15, 0.2) is 5.75 Å². The Kier molecular flexibility index (Phi) is 6.05. The van der Waals surface area contributed by atoms with Crippen LogP contribution in [0.25, 0.3) is 14.8 Å². The summed E-state index contributed by atoms with van der Waals surface area (Å²) in [4.78, 5) is 16.6. The monoisotopic (exact) mass is 424 g/mol. The van der Waals surface area contributed by atoms with Crippen LogP contribution in [-0.2, 0) is 4.79 Å². The Morgan fingerprint density at radius 3 is 2.74 bits per heavy atom. The molecule has 1 aromatic heterocycles. The standard InChI is InChI=1S/C16H17IN4O2/c1-3-19-16(22)9-13(17)11-5-6-12(15(8-11)23-18)14-7-4-10(2)20-21-14/h4-9H,3,18H2,1-2H3,(H,19,22)/b13-9-. The van der Waals surface area contributed by atoms with Gasteiger partial charge in [-0.15, -0.1) is 0 Å². The molecule has 0 fully saturated rings. The van der Waals surface area contributed by atoms with Gasteiger partial charge in [-0.3, -0.25) is 4.79 Å². The fourth-order valence-electron chi connectivity index (χ4n) is 1.95. The van der Waals surface area contributed by atoms with E-state index in [0.29, 0.717) is 18.0 Å². The molecule has 0 spiro atoms. The highest BCUT2D eigenvalue weighted by atomic mass is 127. The van der Waals surface area contributed by atoms with Crippen LogP contribution in [0.4, 0.5) is 0 Å². The molecule has 1 amide bonds. The summed E-state index contributed by atoms with van der Waals surface area (Å²) in [6.07, 6.45) is 1.53. The number of hydrogen-bond donors (Lipinski definition) is 2. The molecule has 3 N–H and O–H groups in total. The quantitative estimate of drug-likeness (QED) is 0.438. The number of nitrogens with zero attached hydrogens (tertiary/aromatic N) is 2. The normalized spacial score (nSPS) is 11.2. The Bertz CT molecular complexity index is 729. The lowest BCUT2D eigenvalue weighted by atomic mass is 10.1. The molecule has 0 saturated heterocycles. The first-order chi connectivity index (χ1) is 11.0. The van der Waals surface area contributed by atoms with Gasteiger partial charge in [0.1, 0.15) is 0 Å². The van der Waals surface area contributed by atoms with Gasteiger partial charge in [0, 0.05) is 21.8 Å². The minimum atomic E-state index is -0.138. The van der Waals surface area contributed by atoms with E-state index < -0.39 is 0 Å². The molecule has 1 heterocycles. The molecule has 0 aliphatic rings. The highest BCUT2D eigenvalue weighted by Crippen LogP contribution is 2.32. The number of benzene rings is 1. The molecule has 0 saturated carbocycles. The van der Waals surface area contributed by atoms with Gasteiger partial charge in [0.25, 0.3) is 0 Å². The topological polar surface area (TPSA) is 90.1 Å². The van der Waals surface area contributed by atoms with Crippen molar-refractivity contribution < 1.29 is 9.63 Å². The lowest BCUT2D eigenvalue weighted by molar-refractivity contribution is -0.116. The summed E-state index contributed by atoms with van der Waals surface area (Å²) >= 11 is 2.10. The number of aryl methyl sites for hydroxylation is 1. The number of hydrogen-bond acceptors (Lipinski definition) is 5. The molecule has 23 heavy (non-hydrogen) atoms. The summed E-state index contributed by atoms with van der Waals surface area (Å²) in [5.74, 6) is 5.72. The van der Waals surface area contributed by atoms with Crippen molar-refractivity contribution in [3.63, 3.8) is 0 Å². The average molecular weight is 424 g/mol. The van der Waals surface area contributed by atoms with Gasteiger partial charge >= 0.3 is 0 Å². The first kappa shape index (κ1) is 17.4. The number of aromatic nitrogens is 2. The molecule has 0 aliphatic carbocycles. The summed E-state index contributed by atoms with van der Waals surface area (Å²) in [7, 11) is 0. The SMILES string of the molecule is CCNC(=O)/C=C(\I)c1ccc(-c2ccc(C)nn2)c(ON)c1. The minimum absolute atomic E-state index is 0.138. The van der Waals surface area contributed by atoms with Crippen LogP contribution in [0, 0.1) is 6.92 Å². The van der Waals surface area contributed by atoms with E-state index >= 15 is 0 Å². The van der Waals surface area contributed by atoms with E-state index in [4.69, 9.17) is 10.7 Å². The van der Waals surface area contributed by atoms with Crippen molar-refractivity contribution in [3.05, 3.63) is 47.7 Å². The fraction of sp³-hybridized carbons (Fsp3) is 0.188. The summed E-state index contributed by atoms with van der Waals surface area (Å²) < 4.78 is 0.786. The van der Waals surface area contributed by atoms with E-state index in [1.54, 1.807) is 6.07 Å². The van der Waals surface area contributed by atoms with Crippen LogP contribution in [0.15, 0.2) is 36.4 Å². The Morgan fingerprint density at radius 1 is 1.35 bits per heavy atom. The number of halogens is 1. The lowest BCUT2D eigenvalue weighted by Gasteiger charge is -2.09. The second-order valence-corrected chi connectivity index (χ2v) is 5.94. The Balaban J connectivity index is 2.36. The van der Waals surface area contributed by atoms with Gasteiger partial charge in [-0.05, 0) is 66.3 Å². The second-order valence-electron chi connectivity index (χ2n) is 4.78. The van der Waals surface area contributed by atoms with E-state index in [-0.39, 0.29) is 5.91 Å². The molecule has 2 aromatic rings. The molecule has 0 atom stereocenters. The molecular weight excluding hydrogens is 407 g/mol.